The van der Waals surface area contributed by atoms with Gasteiger partial charge in [-0.3, -0.25) is 9.58 Å². The van der Waals surface area contributed by atoms with Gasteiger partial charge in [0.25, 0.3) is 6.43 Å². The number of hydrogen-bond donors (Lipinski definition) is 0. The molecule has 2 fully saturated rings. The number of esters is 1. The largest absolute Gasteiger partial charge is 0.473 e. The number of piperidine rings is 1. The normalized spacial score (nSPS) is 18.1. The third kappa shape index (κ3) is 6.57. The minimum atomic E-state index is -2.47. The van der Waals surface area contributed by atoms with E-state index < -0.39 is 13.0 Å². The summed E-state index contributed by atoms with van der Waals surface area (Å²) in [6.07, 6.45) is 2.17. The van der Waals surface area contributed by atoms with Crippen LogP contribution < -0.4 is 4.74 Å². The Morgan fingerprint density at radius 2 is 1.87 bits per heavy atom. The lowest BCUT2D eigenvalue weighted by molar-refractivity contribution is -0.0594. The first-order chi connectivity index (χ1) is 22.9. The van der Waals surface area contributed by atoms with Crippen LogP contribution in [0.25, 0.3) is 21.9 Å². The number of imidazole rings is 1. The number of likely N-dealkylation sites (tertiary alicyclic amines) is 1. The van der Waals surface area contributed by atoms with Crippen molar-refractivity contribution in [1.29, 1.82) is 0 Å². The molecule has 0 N–H and O–H groups in total. The molecule has 0 amide bonds. The minimum absolute atomic E-state index is 0.0713. The second-order valence-electron chi connectivity index (χ2n) is 12.3. The quantitative estimate of drug-likeness (QED) is 0.158. The summed E-state index contributed by atoms with van der Waals surface area (Å²) in [6, 6.07) is 17.1. The van der Waals surface area contributed by atoms with Crippen LogP contribution in [0.15, 0.2) is 60.8 Å². The van der Waals surface area contributed by atoms with E-state index in [1.54, 1.807) is 12.3 Å². The summed E-state index contributed by atoms with van der Waals surface area (Å²) in [5.74, 6) is 1.45. The van der Waals surface area contributed by atoms with Crippen LogP contribution in [0.3, 0.4) is 0 Å². The van der Waals surface area contributed by atoms with E-state index in [0.29, 0.717) is 29.4 Å². The van der Waals surface area contributed by atoms with Crippen LogP contribution in [-0.2, 0) is 29.2 Å². The standard InChI is InChI=1S/C35H38F2N6O4/c1-22(34-40-29-9-8-25(35(44)45-2)17-31(29)42(34)19-27-12-15-46-27)41-13-10-24(11-14-41)28-4-3-5-33(39-28)47-21-23-6-7-26-18-38-43(20-32(36)37)30(26)16-23/h3-9,16-18,22,24,27,32H,10-15,19-21H2,1-2H3/t22-,27?/m0/s1. The van der Waals surface area contributed by atoms with E-state index in [0.717, 1.165) is 72.5 Å². The first-order valence-corrected chi connectivity index (χ1v) is 16.1. The predicted octanol–water partition coefficient (Wildman–Crippen LogP) is 6.14. The number of carbonyl (C=O) groups excluding carboxylic acids is 1. The highest BCUT2D eigenvalue weighted by atomic mass is 19.3. The lowest BCUT2D eigenvalue weighted by atomic mass is 9.92. The molecule has 47 heavy (non-hydrogen) atoms. The van der Waals surface area contributed by atoms with E-state index in [4.69, 9.17) is 24.2 Å². The highest BCUT2D eigenvalue weighted by molar-refractivity contribution is 5.93. The van der Waals surface area contributed by atoms with Gasteiger partial charge in [-0.05, 0) is 75.2 Å². The summed E-state index contributed by atoms with van der Waals surface area (Å²) >= 11 is 0. The van der Waals surface area contributed by atoms with E-state index in [9.17, 15) is 13.6 Å². The number of aromatic nitrogens is 5. The fourth-order valence-electron chi connectivity index (χ4n) is 6.65. The van der Waals surface area contributed by atoms with Crippen molar-refractivity contribution in [3.63, 3.8) is 0 Å². The molecule has 10 nitrogen and oxygen atoms in total. The van der Waals surface area contributed by atoms with Gasteiger partial charge < -0.3 is 18.8 Å². The Balaban J connectivity index is 1.01. The third-order valence-electron chi connectivity index (χ3n) is 9.40. The molecule has 0 bridgehead atoms. The van der Waals surface area contributed by atoms with Crippen molar-refractivity contribution in [3.8, 4) is 5.88 Å². The lowest BCUT2D eigenvalue weighted by Crippen LogP contribution is -2.37. The topological polar surface area (TPSA) is 96.5 Å². The maximum Gasteiger partial charge on any atom is 0.337 e. The van der Waals surface area contributed by atoms with Crippen molar-refractivity contribution in [2.45, 2.75) is 70.4 Å². The molecule has 12 heteroatoms. The van der Waals surface area contributed by atoms with Gasteiger partial charge in [-0.25, -0.2) is 23.5 Å². The number of rotatable bonds is 11. The van der Waals surface area contributed by atoms with Crippen LogP contribution in [0.5, 0.6) is 5.88 Å². The third-order valence-corrected chi connectivity index (χ3v) is 9.40. The van der Waals surface area contributed by atoms with Crippen LogP contribution >= 0.6 is 0 Å². The van der Waals surface area contributed by atoms with Gasteiger partial charge in [-0.1, -0.05) is 18.2 Å². The van der Waals surface area contributed by atoms with Gasteiger partial charge in [0.15, 0.2) is 0 Å². The zero-order chi connectivity index (χ0) is 32.5. The molecule has 3 aromatic heterocycles. The van der Waals surface area contributed by atoms with Crippen molar-refractivity contribution in [2.24, 2.45) is 0 Å². The van der Waals surface area contributed by atoms with Crippen LogP contribution in [0.1, 0.15) is 65.6 Å². The van der Waals surface area contributed by atoms with Gasteiger partial charge in [0.2, 0.25) is 5.88 Å². The summed E-state index contributed by atoms with van der Waals surface area (Å²) < 4.78 is 46.3. The number of ether oxygens (including phenoxy) is 3. The van der Waals surface area contributed by atoms with Crippen LogP contribution in [0.4, 0.5) is 8.78 Å². The molecule has 1 unspecified atom stereocenters. The SMILES string of the molecule is COC(=O)c1ccc2nc([C@H](C)N3CCC(c4cccc(OCc5ccc6cnn(CC(F)F)c6c5)n4)CC3)n(CC3CCO3)c2c1. The fourth-order valence-corrected chi connectivity index (χ4v) is 6.65. The lowest BCUT2D eigenvalue weighted by Gasteiger charge is -2.36. The average molecular weight is 645 g/mol. The monoisotopic (exact) mass is 644 g/mol. The molecular formula is C35H38F2N6O4. The van der Waals surface area contributed by atoms with Crippen molar-refractivity contribution in [3.05, 3.63) is 83.4 Å². The van der Waals surface area contributed by atoms with E-state index in [2.05, 4.69) is 27.6 Å². The molecular weight excluding hydrogens is 606 g/mol. The van der Waals surface area contributed by atoms with Crippen LogP contribution in [0, 0.1) is 0 Å². The second kappa shape index (κ2) is 13.4. The number of hydrogen-bond acceptors (Lipinski definition) is 8. The first kappa shape index (κ1) is 31.2. The summed E-state index contributed by atoms with van der Waals surface area (Å²) in [5, 5.41) is 4.90. The molecule has 2 aliphatic heterocycles. The van der Waals surface area contributed by atoms with Gasteiger partial charge in [0.05, 0.1) is 54.1 Å². The number of methoxy groups -OCH3 is 1. The molecule has 0 saturated carbocycles. The van der Waals surface area contributed by atoms with E-state index in [1.165, 1.54) is 11.8 Å². The van der Waals surface area contributed by atoms with Gasteiger partial charge in [-0.2, -0.15) is 5.10 Å². The maximum atomic E-state index is 13.0. The minimum Gasteiger partial charge on any atom is -0.473 e. The molecule has 5 heterocycles. The number of halogens is 2. The maximum absolute atomic E-state index is 13.0. The zero-order valence-corrected chi connectivity index (χ0v) is 26.5. The van der Waals surface area contributed by atoms with Crippen molar-refractivity contribution in [2.75, 3.05) is 26.8 Å². The number of benzene rings is 2. The Hall–Kier alpha value is -4.42. The Morgan fingerprint density at radius 3 is 2.62 bits per heavy atom. The van der Waals surface area contributed by atoms with Crippen LogP contribution in [0.2, 0.25) is 0 Å². The molecule has 7 rings (SSSR count). The summed E-state index contributed by atoms with van der Waals surface area (Å²) in [7, 11) is 1.39. The first-order valence-electron chi connectivity index (χ1n) is 16.1. The number of carbonyl (C=O) groups is 1. The molecule has 0 radical (unpaired) electrons. The van der Waals surface area contributed by atoms with Gasteiger partial charge in [0.1, 0.15) is 19.0 Å². The predicted molar refractivity (Wildman–Crippen MR) is 172 cm³/mol. The van der Waals surface area contributed by atoms with Crippen molar-refractivity contribution >= 4 is 27.9 Å². The fraction of sp³-hybridized carbons (Fsp3) is 0.429. The summed E-state index contributed by atoms with van der Waals surface area (Å²) in [6.45, 7) is 5.28. The number of alkyl halides is 2. The zero-order valence-electron chi connectivity index (χ0n) is 26.5. The second-order valence-corrected chi connectivity index (χ2v) is 12.3. The number of fused-ring (bicyclic) bond motifs is 2. The highest BCUT2D eigenvalue weighted by Crippen LogP contribution is 2.34. The highest BCUT2D eigenvalue weighted by Gasteiger charge is 2.30. The van der Waals surface area contributed by atoms with Crippen molar-refractivity contribution in [1.82, 2.24) is 29.2 Å². The molecule has 2 aromatic carbocycles. The Labute approximate surface area is 271 Å². The molecule has 246 valence electrons. The summed E-state index contributed by atoms with van der Waals surface area (Å²) in [4.78, 5) is 24.6. The van der Waals surface area contributed by atoms with E-state index in [-0.39, 0.29) is 24.7 Å². The molecule has 2 atom stereocenters. The van der Waals surface area contributed by atoms with Crippen molar-refractivity contribution < 1.29 is 27.8 Å². The molecule has 2 saturated heterocycles. The molecule has 5 aromatic rings. The Kier molecular flexibility index (Phi) is 8.87. The van der Waals surface area contributed by atoms with E-state index >= 15 is 0 Å². The van der Waals surface area contributed by atoms with Crippen LogP contribution in [-0.4, -0.2) is 74.5 Å². The summed E-state index contributed by atoms with van der Waals surface area (Å²) in [5.41, 5.74) is 4.80. The average Bonchev–Trinajstić information content (AvgIpc) is 3.64. The van der Waals surface area contributed by atoms with Gasteiger partial charge in [0, 0.05) is 29.7 Å². The van der Waals surface area contributed by atoms with Gasteiger partial charge in [-0.15, -0.1) is 0 Å². The Bertz CT molecular complexity index is 1880. The smallest absolute Gasteiger partial charge is 0.337 e. The number of pyridine rings is 1. The number of nitrogens with zero attached hydrogens (tertiary/aromatic N) is 6. The van der Waals surface area contributed by atoms with Gasteiger partial charge >= 0.3 is 5.97 Å². The molecule has 2 aliphatic rings. The van der Waals surface area contributed by atoms with E-state index in [1.807, 2.05) is 42.5 Å². The Morgan fingerprint density at radius 1 is 1.04 bits per heavy atom. The molecule has 0 spiro atoms. The molecule has 0 aliphatic carbocycles.